The number of halogens is 1. The van der Waals surface area contributed by atoms with Crippen LogP contribution in [0.1, 0.15) is 49.4 Å². The highest BCUT2D eigenvalue weighted by molar-refractivity contribution is 9.10. The lowest BCUT2D eigenvalue weighted by atomic mass is 10.0. The van der Waals surface area contributed by atoms with E-state index in [1.807, 2.05) is 29.2 Å². The van der Waals surface area contributed by atoms with Gasteiger partial charge in [-0.05, 0) is 38.0 Å². The largest absolute Gasteiger partial charge is 0.335 e. The molecule has 1 aliphatic heterocycles. The van der Waals surface area contributed by atoms with E-state index >= 15 is 0 Å². The number of likely N-dealkylation sites (tertiary alicyclic amines) is 1. The molecule has 3 nitrogen and oxygen atoms in total. The second kappa shape index (κ2) is 7.02. The van der Waals surface area contributed by atoms with Gasteiger partial charge < -0.3 is 4.90 Å². The van der Waals surface area contributed by atoms with Crippen LogP contribution in [0.4, 0.5) is 0 Å². The summed E-state index contributed by atoms with van der Waals surface area (Å²) in [5, 5.41) is 0. The average Bonchev–Trinajstić information content (AvgIpc) is 2.63. The van der Waals surface area contributed by atoms with E-state index < -0.39 is 0 Å². The molecule has 20 heavy (non-hydrogen) atoms. The number of benzene rings is 1. The molecule has 4 heteroatoms. The minimum absolute atomic E-state index is 0.0412. The normalized spacial score (nSPS) is 19.5. The maximum absolute atomic E-state index is 12.7. The predicted molar refractivity (Wildman–Crippen MR) is 82.7 cm³/mol. The zero-order valence-corrected chi connectivity index (χ0v) is 13.4. The Hall–Kier alpha value is -1.16. The van der Waals surface area contributed by atoms with Gasteiger partial charge >= 0.3 is 0 Å². The molecule has 0 radical (unpaired) electrons. The van der Waals surface area contributed by atoms with E-state index in [9.17, 15) is 9.59 Å². The Morgan fingerprint density at radius 2 is 2.10 bits per heavy atom. The maximum Gasteiger partial charge on any atom is 0.254 e. The minimum Gasteiger partial charge on any atom is -0.335 e. The van der Waals surface area contributed by atoms with E-state index in [4.69, 9.17) is 0 Å². The van der Waals surface area contributed by atoms with Gasteiger partial charge in [-0.25, -0.2) is 0 Å². The summed E-state index contributed by atoms with van der Waals surface area (Å²) in [5.41, 5.74) is 0.690. The van der Waals surface area contributed by atoms with Crippen LogP contribution >= 0.6 is 15.9 Å². The van der Waals surface area contributed by atoms with Crippen molar-refractivity contribution in [1.29, 1.82) is 0 Å². The number of Topliss-reactive ketones (excluding diaryl/α,β-unsaturated/α-hetero) is 1. The first-order valence-corrected chi connectivity index (χ1v) is 7.93. The van der Waals surface area contributed by atoms with Gasteiger partial charge in [0.05, 0.1) is 0 Å². The van der Waals surface area contributed by atoms with Crippen molar-refractivity contribution in [3.05, 3.63) is 34.3 Å². The van der Waals surface area contributed by atoms with Crippen molar-refractivity contribution in [2.24, 2.45) is 0 Å². The summed E-state index contributed by atoms with van der Waals surface area (Å²) in [6.07, 6.45) is 4.66. The Balaban J connectivity index is 2.21. The fourth-order valence-corrected chi connectivity index (χ4v) is 3.18. The van der Waals surface area contributed by atoms with Crippen LogP contribution in [0, 0.1) is 0 Å². The minimum atomic E-state index is 0.0412. The molecule has 1 aliphatic rings. The highest BCUT2D eigenvalue weighted by Crippen LogP contribution is 2.23. The summed E-state index contributed by atoms with van der Waals surface area (Å²) in [7, 11) is 0. The van der Waals surface area contributed by atoms with E-state index in [-0.39, 0.29) is 17.7 Å². The molecule has 1 atom stereocenters. The molecule has 1 aromatic carbocycles. The standard InChI is InChI=1S/C16H20BrNO2/c1-12(19)10-15-8-3-2-4-9-18(15)16(20)13-6-5-7-14(17)11-13/h5-7,11,15H,2-4,8-10H2,1H3. The quantitative estimate of drug-likeness (QED) is 0.840. The molecule has 0 aliphatic carbocycles. The number of hydrogen-bond donors (Lipinski definition) is 0. The lowest BCUT2D eigenvalue weighted by Gasteiger charge is -2.29. The van der Waals surface area contributed by atoms with E-state index in [0.29, 0.717) is 12.0 Å². The summed E-state index contributed by atoms with van der Waals surface area (Å²) in [5.74, 6) is 0.198. The number of carbonyl (C=O) groups is 2. The van der Waals surface area contributed by atoms with E-state index in [1.165, 1.54) is 0 Å². The zero-order chi connectivity index (χ0) is 14.5. The van der Waals surface area contributed by atoms with Crippen molar-refractivity contribution in [3.63, 3.8) is 0 Å². The Morgan fingerprint density at radius 1 is 1.30 bits per heavy atom. The molecule has 2 rings (SSSR count). The Labute approximate surface area is 128 Å². The highest BCUT2D eigenvalue weighted by atomic mass is 79.9. The molecule has 1 fully saturated rings. The second-order valence-corrected chi connectivity index (χ2v) is 6.33. The van der Waals surface area contributed by atoms with Crippen LogP contribution in [0.25, 0.3) is 0 Å². The van der Waals surface area contributed by atoms with Crippen molar-refractivity contribution in [2.45, 2.75) is 45.1 Å². The van der Waals surface area contributed by atoms with Crippen molar-refractivity contribution in [1.82, 2.24) is 4.90 Å². The predicted octanol–water partition coefficient (Wildman–Crippen LogP) is 3.81. The van der Waals surface area contributed by atoms with Crippen LogP contribution in [-0.4, -0.2) is 29.2 Å². The van der Waals surface area contributed by atoms with Gasteiger partial charge in [0, 0.05) is 29.0 Å². The van der Waals surface area contributed by atoms with Gasteiger partial charge in [-0.1, -0.05) is 34.8 Å². The monoisotopic (exact) mass is 337 g/mol. The number of hydrogen-bond acceptors (Lipinski definition) is 2. The van der Waals surface area contributed by atoms with Crippen molar-refractivity contribution in [2.75, 3.05) is 6.54 Å². The Bertz CT molecular complexity index is 501. The molecular formula is C16H20BrNO2. The molecule has 1 aromatic rings. The van der Waals surface area contributed by atoms with E-state index in [0.717, 1.165) is 36.7 Å². The topological polar surface area (TPSA) is 37.4 Å². The number of nitrogens with zero attached hydrogens (tertiary/aromatic N) is 1. The van der Waals surface area contributed by atoms with Crippen LogP contribution < -0.4 is 0 Å². The van der Waals surface area contributed by atoms with Crippen LogP contribution in [0.5, 0.6) is 0 Å². The van der Waals surface area contributed by atoms with Crippen LogP contribution in [0.2, 0.25) is 0 Å². The van der Waals surface area contributed by atoms with Crippen LogP contribution in [-0.2, 0) is 4.79 Å². The third-order valence-corrected chi connectivity index (χ3v) is 4.23. The molecule has 0 spiro atoms. The zero-order valence-electron chi connectivity index (χ0n) is 11.8. The van der Waals surface area contributed by atoms with Gasteiger partial charge in [0.25, 0.3) is 5.91 Å². The fraction of sp³-hybridized carbons (Fsp3) is 0.500. The molecule has 1 heterocycles. The van der Waals surface area contributed by atoms with Gasteiger partial charge in [-0.2, -0.15) is 0 Å². The number of carbonyl (C=O) groups excluding carboxylic acids is 2. The third-order valence-electron chi connectivity index (χ3n) is 3.73. The smallest absolute Gasteiger partial charge is 0.254 e. The molecule has 1 amide bonds. The van der Waals surface area contributed by atoms with Gasteiger partial charge in [0.1, 0.15) is 5.78 Å². The lowest BCUT2D eigenvalue weighted by molar-refractivity contribution is -0.118. The Kier molecular flexibility index (Phi) is 5.35. The summed E-state index contributed by atoms with van der Waals surface area (Å²) in [6, 6.07) is 7.52. The number of amides is 1. The number of rotatable bonds is 3. The molecule has 0 saturated carbocycles. The summed E-state index contributed by atoms with van der Waals surface area (Å²) in [4.78, 5) is 26.0. The fourth-order valence-electron chi connectivity index (χ4n) is 2.78. The van der Waals surface area contributed by atoms with Gasteiger partial charge in [0.15, 0.2) is 0 Å². The molecule has 108 valence electrons. The first kappa shape index (κ1) is 15.2. The van der Waals surface area contributed by atoms with Gasteiger partial charge in [-0.15, -0.1) is 0 Å². The molecular weight excluding hydrogens is 318 g/mol. The SMILES string of the molecule is CC(=O)CC1CCCCCN1C(=O)c1cccc(Br)c1. The van der Waals surface area contributed by atoms with Crippen molar-refractivity contribution >= 4 is 27.6 Å². The molecule has 0 N–H and O–H groups in total. The first-order chi connectivity index (χ1) is 9.58. The molecule has 0 bridgehead atoms. The third kappa shape index (κ3) is 3.92. The average molecular weight is 338 g/mol. The lowest BCUT2D eigenvalue weighted by Crippen LogP contribution is -2.41. The molecule has 1 saturated heterocycles. The number of ketones is 1. The van der Waals surface area contributed by atoms with Crippen molar-refractivity contribution in [3.8, 4) is 0 Å². The van der Waals surface area contributed by atoms with Crippen LogP contribution in [0.15, 0.2) is 28.7 Å². The van der Waals surface area contributed by atoms with E-state index in [1.54, 1.807) is 6.92 Å². The molecule has 0 aromatic heterocycles. The van der Waals surface area contributed by atoms with E-state index in [2.05, 4.69) is 15.9 Å². The maximum atomic E-state index is 12.7. The summed E-state index contributed by atoms with van der Waals surface area (Å²) >= 11 is 3.40. The highest BCUT2D eigenvalue weighted by Gasteiger charge is 2.27. The van der Waals surface area contributed by atoms with Gasteiger partial charge in [-0.3, -0.25) is 9.59 Å². The van der Waals surface area contributed by atoms with Crippen LogP contribution in [0.3, 0.4) is 0 Å². The van der Waals surface area contributed by atoms with Crippen molar-refractivity contribution < 1.29 is 9.59 Å². The summed E-state index contributed by atoms with van der Waals surface area (Å²) < 4.78 is 0.904. The Morgan fingerprint density at radius 3 is 2.80 bits per heavy atom. The van der Waals surface area contributed by atoms with Gasteiger partial charge in [0.2, 0.25) is 0 Å². The first-order valence-electron chi connectivity index (χ1n) is 7.14. The second-order valence-electron chi connectivity index (χ2n) is 5.42. The summed E-state index contributed by atoms with van der Waals surface area (Å²) in [6.45, 7) is 2.36. The molecule has 1 unspecified atom stereocenters.